The maximum absolute atomic E-state index is 5.55. The molecule has 2 aromatic carbocycles. The molecule has 1 fully saturated rings. The first-order valence-electron chi connectivity index (χ1n) is 8.18. The van der Waals surface area contributed by atoms with Gasteiger partial charge in [0.05, 0.1) is 18.1 Å². The van der Waals surface area contributed by atoms with Gasteiger partial charge in [-0.1, -0.05) is 12.1 Å². The number of para-hydroxylation sites is 2. The topological polar surface area (TPSA) is 41.1 Å². The number of nitrogens with zero attached hydrogens (tertiary/aromatic N) is 2. The van der Waals surface area contributed by atoms with E-state index in [0.717, 1.165) is 34.7 Å². The highest BCUT2D eigenvalue weighted by atomic mass is 16.5. The van der Waals surface area contributed by atoms with Gasteiger partial charge in [-0.15, -0.1) is 0 Å². The highest BCUT2D eigenvalue weighted by Gasteiger charge is 2.15. The van der Waals surface area contributed by atoms with Crippen LogP contribution in [0.2, 0.25) is 0 Å². The molecule has 1 aromatic heterocycles. The number of likely N-dealkylation sites (tertiary alicyclic amines) is 1. The summed E-state index contributed by atoms with van der Waals surface area (Å²) in [5.41, 5.74) is 4.40. The number of hydrogen-bond donors (Lipinski definition) is 1. The summed E-state index contributed by atoms with van der Waals surface area (Å²) < 4.78 is 5.55. The molecule has 0 atom stereocenters. The predicted octanol–water partition coefficient (Wildman–Crippen LogP) is 3.83. The van der Waals surface area contributed by atoms with Crippen LogP contribution in [0.3, 0.4) is 0 Å². The molecule has 3 aromatic rings. The molecule has 118 valence electrons. The Bertz CT molecular complexity index is 785. The second-order valence-electron chi connectivity index (χ2n) is 6.11. The van der Waals surface area contributed by atoms with Crippen molar-refractivity contribution in [2.45, 2.75) is 19.4 Å². The molecule has 0 aliphatic carbocycles. The Balaban J connectivity index is 1.70. The van der Waals surface area contributed by atoms with Crippen LogP contribution in [0.15, 0.2) is 42.5 Å². The summed E-state index contributed by atoms with van der Waals surface area (Å²) in [6.07, 6.45) is 2.59. The molecule has 1 aliphatic heterocycles. The molecule has 2 heterocycles. The van der Waals surface area contributed by atoms with E-state index in [2.05, 4.69) is 28.1 Å². The maximum Gasteiger partial charge on any atom is 0.138 e. The third kappa shape index (κ3) is 2.82. The van der Waals surface area contributed by atoms with Gasteiger partial charge in [-0.3, -0.25) is 4.90 Å². The third-order valence-electron chi connectivity index (χ3n) is 4.54. The number of aromatic nitrogens is 2. The smallest absolute Gasteiger partial charge is 0.138 e. The summed E-state index contributed by atoms with van der Waals surface area (Å²) in [6, 6.07) is 14.5. The summed E-state index contributed by atoms with van der Waals surface area (Å²) in [4.78, 5) is 10.6. The molecule has 0 bridgehead atoms. The van der Waals surface area contributed by atoms with Crippen LogP contribution in [-0.2, 0) is 6.54 Å². The van der Waals surface area contributed by atoms with Gasteiger partial charge >= 0.3 is 0 Å². The van der Waals surface area contributed by atoms with Crippen LogP contribution in [0.25, 0.3) is 22.4 Å². The van der Waals surface area contributed by atoms with Crippen molar-refractivity contribution in [3.63, 3.8) is 0 Å². The fourth-order valence-corrected chi connectivity index (χ4v) is 3.32. The number of rotatable bonds is 4. The van der Waals surface area contributed by atoms with Crippen molar-refractivity contribution in [1.29, 1.82) is 0 Å². The van der Waals surface area contributed by atoms with Crippen LogP contribution in [0.5, 0.6) is 5.75 Å². The number of methoxy groups -OCH3 is 1. The minimum Gasteiger partial charge on any atom is -0.496 e. The van der Waals surface area contributed by atoms with Crippen LogP contribution in [0.1, 0.15) is 18.4 Å². The van der Waals surface area contributed by atoms with Crippen LogP contribution >= 0.6 is 0 Å². The molecular weight excluding hydrogens is 286 g/mol. The van der Waals surface area contributed by atoms with Gasteiger partial charge in [0.25, 0.3) is 0 Å². The van der Waals surface area contributed by atoms with E-state index in [1.807, 2.05) is 24.3 Å². The Morgan fingerprint density at radius 3 is 2.74 bits per heavy atom. The molecule has 0 spiro atoms. The van der Waals surface area contributed by atoms with E-state index in [0.29, 0.717) is 0 Å². The second-order valence-corrected chi connectivity index (χ2v) is 6.11. The lowest BCUT2D eigenvalue weighted by atomic mass is 10.1. The number of nitrogens with one attached hydrogen (secondary N) is 1. The number of hydrogen-bond acceptors (Lipinski definition) is 3. The van der Waals surface area contributed by atoms with Crippen molar-refractivity contribution in [3.8, 4) is 17.1 Å². The number of H-pyrrole nitrogens is 1. The fraction of sp³-hybridized carbons (Fsp3) is 0.316. The molecule has 0 radical (unpaired) electrons. The monoisotopic (exact) mass is 307 g/mol. The highest BCUT2D eigenvalue weighted by molar-refractivity contribution is 5.79. The molecule has 0 unspecified atom stereocenters. The van der Waals surface area contributed by atoms with Gasteiger partial charge in [0.2, 0.25) is 0 Å². The molecule has 4 heteroatoms. The summed E-state index contributed by atoms with van der Waals surface area (Å²) in [6.45, 7) is 3.30. The first-order chi connectivity index (χ1) is 11.3. The second kappa shape index (κ2) is 6.05. The van der Waals surface area contributed by atoms with Crippen molar-refractivity contribution in [2.75, 3.05) is 20.2 Å². The van der Waals surface area contributed by atoms with Gasteiger partial charge in [-0.2, -0.15) is 0 Å². The number of benzene rings is 2. The van der Waals surface area contributed by atoms with Crippen LogP contribution in [0.4, 0.5) is 0 Å². The summed E-state index contributed by atoms with van der Waals surface area (Å²) in [5.74, 6) is 1.87. The molecule has 0 amide bonds. The SMILES string of the molecule is COc1ccc(-c2nc3ccccc3[nH]2)cc1CN1CCCC1. The zero-order valence-electron chi connectivity index (χ0n) is 13.4. The molecule has 1 aliphatic rings. The lowest BCUT2D eigenvalue weighted by Gasteiger charge is -2.17. The minimum atomic E-state index is 0.913. The lowest BCUT2D eigenvalue weighted by Crippen LogP contribution is -2.18. The van der Waals surface area contributed by atoms with Crippen molar-refractivity contribution in [3.05, 3.63) is 48.0 Å². The van der Waals surface area contributed by atoms with Gasteiger partial charge in [0, 0.05) is 17.7 Å². The number of aromatic amines is 1. The molecular formula is C19H21N3O. The van der Waals surface area contributed by atoms with Crippen LogP contribution < -0.4 is 4.74 Å². The Kier molecular flexibility index (Phi) is 3.75. The Morgan fingerprint density at radius 1 is 1.13 bits per heavy atom. The van der Waals surface area contributed by atoms with Crippen LogP contribution in [0, 0.1) is 0 Å². The minimum absolute atomic E-state index is 0.913. The highest BCUT2D eigenvalue weighted by Crippen LogP contribution is 2.28. The summed E-state index contributed by atoms with van der Waals surface area (Å²) in [7, 11) is 1.74. The van der Waals surface area contributed by atoms with Gasteiger partial charge in [-0.25, -0.2) is 4.98 Å². The van der Waals surface area contributed by atoms with E-state index in [1.54, 1.807) is 7.11 Å². The fourth-order valence-electron chi connectivity index (χ4n) is 3.32. The van der Waals surface area contributed by atoms with Crippen molar-refractivity contribution in [2.24, 2.45) is 0 Å². The summed E-state index contributed by atoms with van der Waals surface area (Å²) >= 11 is 0. The van der Waals surface area contributed by atoms with Crippen molar-refractivity contribution in [1.82, 2.24) is 14.9 Å². The van der Waals surface area contributed by atoms with Crippen molar-refractivity contribution >= 4 is 11.0 Å². The number of ether oxygens (including phenoxy) is 1. The molecule has 4 rings (SSSR count). The van der Waals surface area contributed by atoms with Crippen LogP contribution in [-0.4, -0.2) is 35.1 Å². The van der Waals surface area contributed by atoms with Gasteiger partial charge in [-0.05, 0) is 56.3 Å². The van der Waals surface area contributed by atoms with Crippen molar-refractivity contribution < 1.29 is 4.74 Å². The molecule has 23 heavy (non-hydrogen) atoms. The molecule has 4 nitrogen and oxygen atoms in total. The summed E-state index contributed by atoms with van der Waals surface area (Å²) in [5, 5.41) is 0. The molecule has 1 saturated heterocycles. The zero-order valence-corrected chi connectivity index (χ0v) is 13.4. The average Bonchev–Trinajstić information content (AvgIpc) is 3.23. The van der Waals surface area contributed by atoms with E-state index in [9.17, 15) is 0 Å². The quantitative estimate of drug-likeness (QED) is 0.796. The van der Waals surface area contributed by atoms with E-state index in [1.165, 1.54) is 31.5 Å². The van der Waals surface area contributed by atoms with E-state index in [-0.39, 0.29) is 0 Å². The lowest BCUT2D eigenvalue weighted by molar-refractivity contribution is 0.321. The number of fused-ring (bicyclic) bond motifs is 1. The van der Waals surface area contributed by atoms with Gasteiger partial charge in [0.1, 0.15) is 11.6 Å². The maximum atomic E-state index is 5.55. The zero-order chi connectivity index (χ0) is 15.6. The Hall–Kier alpha value is -2.33. The third-order valence-corrected chi connectivity index (χ3v) is 4.54. The molecule has 1 N–H and O–H groups in total. The largest absolute Gasteiger partial charge is 0.496 e. The average molecular weight is 307 g/mol. The van der Waals surface area contributed by atoms with Gasteiger partial charge in [0.15, 0.2) is 0 Å². The Labute approximate surface area is 136 Å². The normalized spacial score (nSPS) is 15.3. The molecule has 0 saturated carbocycles. The van der Waals surface area contributed by atoms with E-state index < -0.39 is 0 Å². The van der Waals surface area contributed by atoms with E-state index in [4.69, 9.17) is 9.72 Å². The predicted molar refractivity (Wildman–Crippen MR) is 92.6 cm³/mol. The standard InChI is InChI=1S/C19H21N3O/c1-23-18-9-8-14(12-15(18)13-22-10-4-5-11-22)19-20-16-6-2-3-7-17(16)21-19/h2-3,6-9,12H,4-5,10-11,13H2,1H3,(H,20,21). The first kappa shape index (κ1) is 14.3. The van der Waals surface area contributed by atoms with Gasteiger partial charge < -0.3 is 9.72 Å². The number of imidazole rings is 1. The Morgan fingerprint density at radius 2 is 1.96 bits per heavy atom. The van der Waals surface area contributed by atoms with E-state index >= 15 is 0 Å². The first-order valence-corrected chi connectivity index (χ1v) is 8.18.